The lowest BCUT2D eigenvalue weighted by Crippen LogP contribution is -2.39. The highest BCUT2D eigenvalue weighted by atomic mass is 32.1. The molecule has 1 aromatic heterocycles. The second-order valence-electron chi connectivity index (χ2n) is 5.99. The van der Waals surface area contributed by atoms with Crippen LogP contribution >= 0.6 is 11.3 Å². The number of nitrogens with zero attached hydrogens (tertiary/aromatic N) is 3. The Morgan fingerprint density at radius 1 is 1.60 bits per heavy atom. The van der Waals surface area contributed by atoms with Crippen LogP contribution in [-0.2, 0) is 6.54 Å². The molecule has 0 aromatic carbocycles. The Kier molecular flexibility index (Phi) is 5.40. The first-order valence-corrected chi connectivity index (χ1v) is 8.32. The highest BCUT2D eigenvalue weighted by Gasteiger charge is 2.25. The van der Waals surface area contributed by atoms with Gasteiger partial charge in [0.15, 0.2) is 5.96 Å². The van der Waals surface area contributed by atoms with Crippen molar-refractivity contribution in [3.8, 4) is 0 Å². The van der Waals surface area contributed by atoms with Crippen molar-refractivity contribution < 1.29 is 0 Å². The van der Waals surface area contributed by atoms with Crippen LogP contribution in [0.15, 0.2) is 10.5 Å². The van der Waals surface area contributed by atoms with E-state index in [-0.39, 0.29) is 0 Å². The molecule has 1 fully saturated rings. The first-order valence-electron chi connectivity index (χ1n) is 7.44. The average Bonchev–Trinajstić information content (AvgIpc) is 3.00. The van der Waals surface area contributed by atoms with Crippen LogP contribution in [0.3, 0.4) is 0 Å². The van der Waals surface area contributed by atoms with Crippen molar-refractivity contribution in [3.63, 3.8) is 0 Å². The number of hydrogen-bond donors (Lipinski definition) is 1. The van der Waals surface area contributed by atoms with Crippen LogP contribution in [0.5, 0.6) is 0 Å². The summed E-state index contributed by atoms with van der Waals surface area (Å²) in [6, 6.07) is 0. The summed E-state index contributed by atoms with van der Waals surface area (Å²) in [5.41, 5.74) is 3.03. The van der Waals surface area contributed by atoms with Crippen molar-refractivity contribution in [2.45, 2.75) is 40.2 Å². The molecule has 1 unspecified atom stereocenters. The lowest BCUT2D eigenvalue weighted by molar-refractivity contribution is 0.403. The normalized spacial score (nSPS) is 19.9. The van der Waals surface area contributed by atoms with Crippen LogP contribution < -0.4 is 5.32 Å². The number of aryl methyl sites for hydroxylation is 1. The SMILES string of the molecule is CN=C(NCc1scnc1C)N1CCC(CC(C)C)C1. The van der Waals surface area contributed by atoms with E-state index in [9.17, 15) is 0 Å². The summed E-state index contributed by atoms with van der Waals surface area (Å²) in [6.45, 7) is 9.77. The van der Waals surface area contributed by atoms with Gasteiger partial charge >= 0.3 is 0 Å². The molecule has 2 heterocycles. The van der Waals surface area contributed by atoms with Gasteiger partial charge in [0, 0.05) is 25.0 Å². The molecule has 1 aliphatic rings. The van der Waals surface area contributed by atoms with E-state index in [4.69, 9.17) is 0 Å². The van der Waals surface area contributed by atoms with Gasteiger partial charge in [-0.15, -0.1) is 11.3 Å². The Morgan fingerprint density at radius 3 is 3.00 bits per heavy atom. The van der Waals surface area contributed by atoms with E-state index in [0.29, 0.717) is 0 Å². The zero-order valence-corrected chi connectivity index (χ0v) is 13.8. The predicted molar refractivity (Wildman–Crippen MR) is 86.2 cm³/mol. The first-order chi connectivity index (χ1) is 9.60. The van der Waals surface area contributed by atoms with Crippen molar-refractivity contribution in [2.24, 2.45) is 16.8 Å². The maximum absolute atomic E-state index is 4.43. The highest BCUT2D eigenvalue weighted by Crippen LogP contribution is 2.23. The van der Waals surface area contributed by atoms with Gasteiger partial charge in [-0.1, -0.05) is 13.8 Å². The smallest absolute Gasteiger partial charge is 0.193 e. The van der Waals surface area contributed by atoms with Gasteiger partial charge in [-0.2, -0.15) is 0 Å². The molecule has 5 heteroatoms. The largest absolute Gasteiger partial charge is 0.351 e. The van der Waals surface area contributed by atoms with Crippen LogP contribution in [0, 0.1) is 18.8 Å². The van der Waals surface area contributed by atoms with Gasteiger partial charge in [-0.25, -0.2) is 4.98 Å². The highest BCUT2D eigenvalue weighted by molar-refractivity contribution is 7.09. The predicted octanol–water partition coefficient (Wildman–Crippen LogP) is 2.89. The maximum Gasteiger partial charge on any atom is 0.193 e. The summed E-state index contributed by atoms with van der Waals surface area (Å²) < 4.78 is 0. The first kappa shape index (κ1) is 15.3. The molecule has 0 spiro atoms. The Morgan fingerprint density at radius 2 is 2.40 bits per heavy atom. The van der Waals surface area contributed by atoms with Gasteiger partial charge in [-0.05, 0) is 31.6 Å². The van der Waals surface area contributed by atoms with E-state index in [2.05, 4.69) is 41.0 Å². The molecule has 1 saturated heterocycles. The molecule has 112 valence electrons. The van der Waals surface area contributed by atoms with E-state index in [0.717, 1.165) is 43.1 Å². The minimum atomic E-state index is 0.787. The molecule has 1 aromatic rings. The Bertz CT molecular complexity index is 452. The van der Waals surface area contributed by atoms with Gasteiger partial charge in [0.2, 0.25) is 0 Å². The molecule has 0 aliphatic carbocycles. The zero-order valence-electron chi connectivity index (χ0n) is 13.0. The van der Waals surface area contributed by atoms with Crippen molar-refractivity contribution in [3.05, 3.63) is 16.1 Å². The number of nitrogens with one attached hydrogen (secondary N) is 1. The average molecular weight is 294 g/mol. The van der Waals surface area contributed by atoms with E-state index >= 15 is 0 Å². The summed E-state index contributed by atoms with van der Waals surface area (Å²) >= 11 is 1.71. The van der Waals surface area contributed by atoms with E-state index in [1.54, 1.807) is 11.3 Å². The second-order valence-corrected chi connectivity index (χ2v) is 6.93. The Hall–Kier alpha value is -1.10. The fourth-order valence-electron chi connectivity index (χ4n) is 2.87. The molecule has 0 amide bonds. The van der Waals surface area contributed by atoms with Crippen molar-refractivity contribution in [1.29, 1.82) is 0 Å². The van der Waals surface area contributed by atoms with E-state index < -0.39 is 0 Å². The molecule has 2 rings (SSSR count). The summed E-state index contributed by atoms with van der Waals surface area (Å²) in [4.78, 5) is 12.4. The van der Waals surface area contributed by atoms with Crippen LogP contribution in [0.1, 0.15) is 37.3 Å². The monoisotopic (exact) mass is 294 g/mol. The molecule has 1 atom stereocenters. The summed E-state index contributed by atoms with van der Waals surface area (Å²) in [5.74, 6) is 2.64. The van der Waals surface area contributed by atoms with Crippen LogP contribution in [0.25, 0.3) is 0 Å². The fraction of sp³-hybridized carbons (Fsp3) is 0.733. The lowest BCUT2D eigenvalue weighted by Gasteiger charge is -2.22. The third-order valence-corrected chi connectivity index (χ3v) is 4.79. The van der Waals surface area contributed by atoms with Crippen molar-refractivity contribution in [1.82, 2.24) is 15.2 Å². The fourth-order valence-corrected chi connectivity index (χ4v) is 3.59. The van der Waals surface area contributed by atoms with Gasteiger partial charge in [-0.3, -0.25) is 4.99 Å². The van der Waals surface area contributed by atoms with E-state index in [1.807, 2.05) is 12.6 Å². The number of aromatic nitrogens is 1. The van der Waals surface area contributed by atoms with Crippen molar-refractivity contribution in [2.75, 3.05) is 20.1 Å². The molecule has 0 radical (unpaired) electrons. The lowest BCUT2D eigenvalue weighted by atomic mass is 9.97. The number of hydrogen-bond acceptors (Lipinski definition) is 3. The third kappa shape index (κ3) is 3.95. The molecular weight excluding hydrogens is 268 g/mol. The second kappa shape index (κ2) is 7.07. The number of rotatable bonds is 4. The zero-order chi connectivity index (χ0) is 14.5. The number of guanidine groups is 1. The van der Waals surface area contributed by atoms with Gasteiger partial charge in [0.25, 0.3) is 0 Å². The molecule has 1 aliphatic heterocycles. The van der Waals surface area contributed by atoms with Crippen molar-refractivity contribution >= 4 is 17.3 Å². The van der Waals surface area contributed by atoms with Gasteiger partial charge < -0.3 is 10.2 Å². The molecular formula is C15H26N4S. The van der Waals surface area contributed by atoms with Gasteiger partial charge in [0.1, 0.15) is 0 Å². The quantitative estimate of drug-likeness (QED) is 0.685. The maximum atomic E-state index is 4.43. The van der Waals surface area contributed by atoms with Crippen LogP contribution in [0.4, 0.5) is 0 Å². The van der Waals surface area contributed by atoms with Crippen LogP contribution in [0.2, 0.25) is 0 Å². The summed E-state index contributed by atoms with van der Waals surface area (Å²) in [7, 11) is 1.87. The Labute approximate surface area is 126 Å². The molecule has 20 heavy (non-hydrogen) atoms. The van der Waals surface area contributed by atoms with Gasteiger partial charge in [0.05, 0.1) is 17.7 Å². The summed E-state index contributed by atoms with van der Waals surface area (Å²) in [5, 5.41) is 3.47. The minimum Gasteiger partial charge on any atom is -0.351 e. The molecule has 1 N–H and O–H groups in total. The Balaban J connectivity index is 1.85. The van der Waals surface area contributed by atoms with Crippen LogP contribution in [-0.4, -0.2) is 36.0 Å². The number of likely N-dealkylation sites (tertiary alicyclic amines) is 1. The van der Waals surface area contributed by atoms with E-state index in [1.165, 1.54) is 17.7 Å². The molecule has 4 nitrogen and oxygen atoms in total. The summed E-state index contributed by atoms with van der Waals surface area (Å²) in [6.07, 6.45) is 2.61. The third-order valence-electron chi connectivity index (χ3n) is 3.85. The standard InChI is InChI=1S/C15H26N4S/c1-11(2)7-13-5-6-19(9-13)15(16-4)17-8-14-12(3)18-10-20-14/h10-11,13H,5-9H2,1-4H3,(H,16,17). The molecule has 0 saturated carbocycles. The number of thiazole rings is 1. The minimum absolute atomic E-state index is 0.787. The molecule has 0 bridgehead atoms. The topological polar surface area (TPSA) is 40.5 Å². The number of aliphatic imine (C=N–C) groups is 1.